The zero-order valence-electron chi connectivity index (χ0n) is 32.0. The van der Waals surface area contributed by atoms with Crippen LogP contribution in [-0.2, 0) is 0 Å². The third-order valence-electron chi connectivity index (χ3n) is 12.0. The van der Waals surface area contributed by atoms with Crippen LogP contribution in [0.25, 0.3) is 79.6 Å². The fraction of sp³-hybridized carbons (Fsp3) is 0.0370. The van der Waals surface area contributed by atoms with E-state index >= 15 is 0 Å². The van der Waals surface area contributed by atoms with Crippen molar-refractivity contribution in [1.82, 2.24) is 0 Å². The Morgan fingerprint density at radius 2 is 1.42 bits per heavy atom. The van der Waals surface area contributed by atoms with Crippen molar-refractivity contribution in [2.24, 2.45) is 0 Å². The lowest BCUT2D eigenvalue weighted by Crippen LogP contribution is -2.20. The normalized spacial score (nSPS) is 17.9. The van der Waals surface area contributed by atoms with E-state index in [1.165, 1.54) is 16.0 Å². The van der Waals surface area contributed by atoms with Gasteiger partial charge in [0.25, 0.3) is 0 Å². The number of rotatable bonds is 2. The van der Waals surface area contributed by atoms with Gasteiger partial charge in [-0.25, -0.2) is 0 Å². The summed E-state index contributed by atoms with van der Waals surface area (Å²) in [7, 11) is 0. The monoisotopic (exact) mass is 776 g/mol. The average Bonchev–Trinajstić information content (AvgIpc) is 3.95. The molecule has 0 bridgehead atoms. The average molecular weight is 777 g/mol. The topological polar surface area (TPSA) is 41.6 Å². The Labute approximate surface area is 346 Å². The van der Waals surface area contributed by atoms with Gasteiger partial charge in [0, 0.05) is 72.5 Å². The second kappa shape index (κ2) is 13.4. The molecule has 2 aromatic heterocycles. The smallest absolute Gasteiger partial charge is 0.142 e. The second-order valence-electron chi connectivity index (χ2n) is 15.3. The molecule has 5 heteroatoms. The maximum Gasteiger partial charge on any atom is 0.142 e. The van der Waals surface area contributed by atoms with Crippen molar-refractivity contribution in [3.05, 3.63) is 210 Å². The van der Waals surface area contributed by atoms with Crippen LogP contribution >= 0.6 is 11.8 Å². The number of hydrogen-bond donors (Lipinski definition) is 1. The van der Waals surface area contributed by atoms with Crippen molar-refractivity contribution < 1.29 is 8.83 Å². The number of benzene rings is 6. The Bertz CT molecular complexity index is 3240. The zero-order valence-corrected chi connectivity index (χ0v) is 32.8. The molecule has 59 heavy (non-hydrogen) atoms. The maximum atomic E-state index is 6.84. The molecule has 0 radical (unpaired) electrons. The summed E-state index contributed by atoms with van der Waals surface area (Å²) in [4.78, 5) is 3.68. The third-order valence-corrected chi connectivity index (χ3v) is 13.3. The summed E-state index contributed by atoms with van der Waals surface area (Å²) in [6, 6.07) is 47.2. The minimum atomic E-state index is 0.441. The fourth-order valence-electron chi connectivity index (χ4n) is 9.08. The Balaban J connectivity index is 0.955. The number of allylic oxidation sites excluding steroid dienone is 2. The number of fused-ring (bicyclic) bond motifs is 13. The summed E-state index contributed by atoms with van der Waals surface area (Å²) in [5.41, 5.74) is 17.2. The molecule has 0 saturated heterocycles. The molecule has 1 unspecified atom stereocenters. The van der Waals surface area contributed by atoms with Crippen LogP contribution in [0.4, 0.5) is 11.4 Å². The molecule has 0 saturated carbocycles. The molecule has 1 N–H and O–H groups in total. The van der Waals surface area contributed by atoms with E-state index in [0.29, 0.717) is 5.25 Å². The number of nitrogens with zero attached hydrogens (tertiary/aromatic N) is 1. The van der Waals surface area contributed by atoms with E-state index in [1.807, 2.05) is 30.1 Å². The summed E-state index contributed by atoms with van der Waals surface area (Å²) >= 11 is 1.97. The highest BCUT2D eigenvalue weighted by Gasteiger charge is 2.31. The first-order valence-electron chi connectivity index (χ1n) is 20.0. The third kappa shape index (κ3) is 5.54. The van der Waals surface area contributed by atoms with Crippen molar-refractivity contribution in [3.8, 4) is 22.3 Å². The van der Waals surface area contributed by atoms with Gasteiger partial charge in [-0.2, -0.15) is 0 Å². The lowest BCUT2D eigenvalue weighted by atomic mass is 9.93. The molecule has 280 valence electrons. The van der Waals surface area contributed by atoms with E-state index in [9.17, 15) is 0 Å². The summed E-state index contributed by atoms with van der Waals surface area (Å²) in [5.74, 6) is 1.54. The predicted molar refractivity (Wildman–Crippen MR) is 248 cm³/mol. The molecule has 4 nitrogen and oxygen atoms in total. The molecule has 1 aliphatic carbocycles. The molecule has 8 aromatic rings. The molecule has 0 fully saturated rings. The zero-order chi connectivity index (χ0) is 39.0. The van der Waals surface area contributed by atoms with Crippen molar-refractivity contribution in [2.75, 3.05) is 10.2 Å². The van der Waals surface area contributed by atoms with Crippen LogP contribution < -0.4 is 10.2 Å². The number of anilines is 2. The van der Waals surface area contributed by atoms with Gasteiger partial charge in [0.1, 0.15) is 22.7 Å². The van der Waals surface area contributed by atoms with Crippen molar-refractivity contribution in [3.63, 3.8) is 0 Å². The number of nitrogens with one attached hydrogen (secondary N) is 1. The molecular formula is C54H36N2O2S. The van der Waals surface area contributed by atoms with Gasteiger partial charge < -0.3 is 19.1 Å². The molecule has 0 spiro atoms. The fourth-order valence-corrected chi connectivity index (χ4v) is 10.4. The molecule has 1 atom stereocenters. The van der Waals surface area contributed by atoms with Crippen LogP contribution in [0, 0.1) is 0 Å². The SMILES string of the molecule is C=C1c2ccccc2N(C2=CCC3Sc4ccccc4C3=C2)/C=C\c2c1oc1c2/C=C/Nc2ccc(-c3ccc4oc5ccccc5c4c3)cc2-c2ccccc2/C=C\1. The molecule has 12 rings (SSSR count). The summed E-state index contributed by atoms with van der Waals surface area (Å²) < 4.78 is 13.0. The van der Waals surface area contributed by atoms with Gasteiger partial charge in [-0.1, -0.05) is 110 Å². The quantitative estimate of drug-likeness (QED) is 0.189. The summed E-state index contributed by atoms with van der Waals surface area (Å²) in [6.45, 7) is 4.67. The Hall–Kier alpha value is -7.21. The molecule has 6 aromatic carbocycles. The van der Waals surface area contributed by atoms with Gasteiger partial charge in [-0.3, -0.25) is 0 Å². The van der Waals surface area contributed by atoms with Crippen LogP contribution in [0.5, 0.6) is 0 Å². The highest BCUT2D eigenvalue weighted by molar-refractivity contribution is 8.00. The van der Waals surface area contributed by atoms with E-state index in [0.717, 1.165) is 107 Å². The summed E-state index contributed by atoms with van der Waals surface area (Å²) in [5, 5.41) is 6.35. The van der Waals surface area contributed by atoms with Gasteiger partial charge >= 0.3 is 0 Å². The number of furan rings is 2. The van der Waals surface area contributed by atoms with Crippen LogP contribution in [0.3, 0.4) is 0 Å². The number of para-hydroxylation sites is 2. The second-order valence-corrected chi connectivity index (χ2v) is 16.6. The highest BCUT2D eigenvalue weighted by Crippen LogP contribution is 2.50. The van der Waals surface area contributed by atoms with Crippen molar-refractivity contribution >= 4 is 80.5 Å². The summed E-state index contributed by atoms with van der Waals surface area (Å²) in [6.07, 6.45) is 18.5. The lowest BCUT2D eigenvalue weighted by Gasteiger charge is -2.29. The first-order chi connectivity index (χ1) is 29.1. The van der Waals surface area contributed by atoms with E-state index in [-0.39, 0.29) is 0 Å². The minimum absolute atomic E-state index is 0.441. The maximum absolute atomic E-state index is 6.84. The lowest BCUT2D eigenvalue weighted by molar-refractivity contribution is 0.543. The molecular weight excluding hydrogens is 741 g/mol. The van der Waals surface area contributed by atoms with Gasteiger partial charge in [-0.05, 0) is 107 Å². The van der Waals surface area contributed by atoms with Crippen molar-refractivity contribution in [2.45, 2.75) is 16.6 Å². The number of hydrogen-bond acceptors (Lipinski definition) is 5. The van der Waals surface area contributed by atoms with E-state index in [1.54, 1.807) is 0 Å². The first kappa shape index (κ1) is 33.9. The van der Waals surface area contributed by atoms with Crippen LogP contribution in [-0.4, -0.2) is 5.25 Å². The van der Waals surface area contributed by atoms with Gasteiger partial charge in [0.05, 0.1) is 5.69 Å². The minimum Gasteiger partial charge on any atom is -0.456 e. The molecule has 4 aliphatic rings. The predicted octanol–water partition coefficient (Wildman–Crippen LogP) is 14.8. The van der Waals surface area contributed by atoms with Crippen LogP contribution in [0.1, 0.15) is 45.8 Å². The van der Waals surface area contributed by atoms with Crippen LogP contribution in [0.2, 0.25) is 0 Å². The van der Waals surface area contributed by atoms with Crippen LogP contribution in [0.15, 0.2) is 184 Å². The Kier molecular flexibility index (Phi) is 7.72. The largest absolute Gasteiger partial charge is 0.456 e. The first-order valence-corrected chi connectivity index (χ1v) is 20.9. The Morgan fingerprint density at radius 3 is 2.37 bits per heavy atom. The van der Waals surface area contributed by atoms with Gasteiger partial charge in [-0.15, -0.1) is 11.8 Å². The molecule has 3 aliphatic heterocycles. The standard InChI is InChI=1S/C54H36N2O2S/c1-33-38-11-4-7-15-48(38)56(37-21-25-53-46(32-37)42-14-6-9-17-52(42)59-53)29-27-43-41-26-28-55-47-22-18-35(36-20-24-51-45(31-36)40-13-5-8-16-49(40)57-51)30-44(47)39-12-3-2-10-34(39)19-23-50(41)58-54(33)43/h2-24,26-32,53,55H,1,25H2/b23-19-,28-26+,29-27-. The number of thioether (sulfide) groups is 1. The molecule has 0 amide bonds. The van der Waals surface area contributed by atoms with E-state index < -0.39 is 0 Å². The van der Waals surface area contributed by atoms with Crippen molar-refractivity contribution in [1.29, 1.82) is 0 Å². The highest BCUT2D eigenvalue weighted by atomic mass is 32.2. The van der Waals surface area contributed by atoms with E-state index in [4.69, 9.17) is 8.83 Å². The van der Waals surface area contributed by atoms with Gasteiger partial charge in [0.2, 0.25) is 0 Å². The van der Waals surface area contributed by atoms with Gasteiger partial charge in [0.15, 0.2) is 0 Å². The molecule has 5 heterocycles. The Morgan fingerprint density at radius 1 is 0.644 bits per heavy atom. The van der Waals surface area contributed by atoms with E-state index in [2.05, 4.69) is 181 Å².